The molecule has 0 amide bonds. The highest BCUT2D eigenvalue weighted by Gasteiger charge is 2.37. The molecule has 0 bridgehead atoms. The van der Waals surface area contributed by atoms with Crippen LogP contribution in [0.3, 0.4) is 0 Å². The Bertz CT molecular complexity index is 1260. The molecule has 5 aromatic rings. The first-order chi connectivity index (χ1) is 19.2. The third-order valence-corrected chi connectivity index (χ3v) is 12.5. The van der Waals surface area contributed by atoms with E-state index in [1.54, 1.807) is 0 Å². The van der Waals surface area contributed by atoms with Crippen LogP contribution in [-0.4, -0.2) is 24.3 Å². The predicted molar refractivity (Wildman–Crippen MR) is 173 cm³/mol. The Labute approximate surface area is 236 Å². The van der Waals surface area contributed by atoms with Gasteiger partial charge in [0.25, 0.3) is 0 Å². The second-order valence-corrected chi connectivity index (χ2v) is 14.3. The smallest absolute Gasteiger partial charge is 0.206 e. The molecule has 4 heteroatoms. The van der Waals surface area contributed by atoms with Gasteiger partial charge in [0.05, 0.1) is 6.33 Å². The van der Waals surface area contributed by atoms with Crippen molar-refractivity contribution in [3.63, 3.8) is 0 Å². The molecule has 196 valence electrons. The highest BCUT2D eigenvalue weighted by molar-refractivity contribution is 7.01. The van der Waals surface area contributed by atoms with Crippen molar-refractivity contribution in [2.45, 2.75) is 38.3 Å². The van der Waals surface area contributed by atoms with E-state index >= 15 is 0 Å². The van der Waals surface area contributed by atoms with Crippen LogP contribution < -0.4 is 21.3 Å². The van der Waals surface area contributed by atoms with Crippen LogP contribution in [0, 0.1) is 0 Å². The zero-order valence-electron chi connectivity index (χ0n) is 23.1. The first kappa shape index (κ1) is 28.1. The van der Waals surface area contributed by atoms with Crippen LogP contribution >= 0.6 is 0 Å². The van der Waals surface area contributed by atoms with E-state index in [1.807, 2.05) is 18.6 Å². The monoisotopic (exact) mass is 526 g/mol. The molecule has 0 spiro atoms. The number of hydrogen-bond donors (Lipinski definition) is 0. The molecule has 0 aliphatic carbocycles. The molecule has 1 aromatic heterocycles. The van der Waals surface area contributed by atoms with E-state index in [-0.39, 0.29) is 0 Å². The Morgan fingerprint density at radius 1 is 0.718 bits per heavy atom. The van der Waals surface area contributed by atoms with Crippen LogP contribution in [0.15, 0.2) is 153 Å². The first-order valence-electron chi connectivity index (χ1n) is 14.0. The normalized spacial score (nSPS) is 10.8. The number of rotatable bonds is 11. The largest absolute Gasteiger partial charge is 0.340 e. The SMILES string of the molecule is C=CCCCC[Si](Cn1ccnc1)(c1ccccc1)c1ccccc1.CB(c1ccccc1)c1ccccc1. The number of hydrogen-bond acceptors (Lipinski definition) is 1. The number of nitrogens with zero attached hydrogens (tertiary/aromatic N) is 2. The Hall–Kier alpha value is -3.89. The molecule has 2 nitrogen and oxygen atoms in total. The lowest BCUT2D eigenvalue weighted by Gasteiger charge is -2.33. The van der Waals surface area contributed by atoms with Gasteiger partial charge in [0.15, 0.2) is 0 Å². The first-order valence-corrected chi connectivity index (χ1v) is 16.4. The van der Waals surface area contributed by atoms with E-state index in [0.717, 1.165) is 12.6 Å². The number of aromatic nitrogens is 2. The van der Waals surface area contributed by atoms with E-state index in [0.29, 0.717) is 6.71 Å². The number of unbranched alkanes of at least 4 members (excludes halogenated alkanes) is 2. The Morgan fingerprint density at radius 2 is 1.21 bits per heavy atom. The average molecular weight is 527 g/mol. The van der Waals surface area contributed by atoms with Gasteiger partial charge in [0.2, 0.25) is 6.71 Å². The Balaban J connectivity index is 0.000000212. The van der Waals surface area contributed by atoms with Gasteiger partial charge in [-0.3, -0.25) is 0 Å². The molecule has 0 unspecified atom stereocenters. The summed E-state index contributed by atoms with van der Waals surface area (Å²) < 4.78 is 2.26. The van der Waals surface area contributed by atoms with E-state index in [2.05, 4.69) is 150 Å². The Morgan fingerprint density at radius 3 is 1.64 bits per heavy atom. The van der Waals surface area contributed by atoms with Gasteiger partial charge < -0.3 is 4.57 Å². The van der Waals surface area contributed by atoms with E-state index < -0.39 is 8.07 Å². The maximum atomic E-state index is 4.28. The molecule has 5 rings (SSSR count). The van der Waals surface area contributed by atoms with Crippen molar-refractivity contribution in [1.29, 1.82) is 0 Å². The molecular weight excluding hydrogens is 487 g/mol. The second kappa shape index (κ2) is 14.9. The van der Waals surface area contributed by atoms with Crippen molar-refractivity contribution in [2.24, 2.45) is 0 Å². The Kier molecular flexibility index (Phi) is 10.7. The molecule has 0 saturated heterocycles. The highest BCUT2D eigenvalue weighted by atomic mass is 28.3. The van der Waals surface area contributed by atoms with Gasteiger partial charge in [0, 0.05) is 18.6 Å². The summed E-state index contributed by atoms with van der Waals surface area (Å²) in [6.07, 6.45) is 12.5. The fourth-order valence-electron chi connectivity index (χ4n) is 5.31. The molecule has 0 saturated carbocycles. The molecule has 0 aliphatic rings. The second-order valence-electron chi connectivity index (χ2n) is 10.1. The minimum absolute atomic E-state index is 0.484. The summed E-state index contributed by atoms with van der Waals surface area (Å²) in [6, 6.07) is 44.7. The summed E-state index contributed by atoms with van der Waals surface area (Å²) in [6.45, 7) is 6.60. The van der Waals surface area contributed by atoms with Crippen LogP contribution in [0.4, 0.5) is 0 Å². The van der Waals surface area contributed by atoms with Gasteiger partial charge in [0.1, 0.15) is 8.07 Å². The lowest BCUT2D eigenvalue weighted by Crippen LogP contribution is -2.61. The van der Waals surface area contributed by atoms with Crippen molar-refractivity contribution in [2.75, 3.05) is 0 Å². The molecule has 0 aliphatic heterocycles. The van der Waals surface area contributed by atoms with Gasteiger partial charge in [-0.15, -0.1) is 6.58 Å². The maximum Gasteiger partial charge on any atom is 0.206 e. The van der Waals surface area contributed by atoms with Crippen molar-refractivity contribution < 1.29 is 0 Å². The summed E-state index contributed by atoms with van der Waals surface area (Å²) in [7, 11) is -1.91. The number of allylic oxidation sites excluding steroid dienone is 1. The number of imidazole rings is 1. The fourth-order valence-corrected chi connectivity index (χ4v) is 10.1. The third kappa shape index (κ3) is 7.81. The topological polar surface area (TPSA) is 17.8 Å². The average Bonchev–Trinajstić information content (AvgIpc) is 3.53. The minimum Gasteiger partial charge on any atom is -0.340 e. The lowest BCUT2D eigenvalue weighted by molar-refractivity contribution is 0.785. The number of benzene rings is 4. The summed E-state index contributed by atoms with van der Waals surface area (Å²) in [5.41, 5.74) is 2.75. The lowest BCUT2D eigenvalue weighted by atomic mass is 9.43. The minimum atomic E-state index is -1.91. The highest BCUT2D eigenvalue weighted by Crippen LogP contribution is 2.19. The van der Waals surface area contributed by atoms with Gasteiger partial charge in [-0.05, 0) is 12.5 Å². The van der Waals surface area contributed by atoms with Gasteiger partial charge in [-0.1, -0.05) is 168 Å². The van der Waals surface area contributed by atoms with Crippen LogP contribution in [-0.2, 0) is 6.17 Å². The van der Waals surface area contributed by atoms with Gasteiger partial charge in [-0.25, -0.2) is 4.98 Å². The van der Waals surface area contributed by atoms with Crippen molar-refractivity contribution in [1.82, 2.24) is 9.55 Å². The zero-order chi connectivity index (χ0) is 27.2. The maximum absolute atomic E-state index is 4.28. The van der Waals surface area contributed by atoms with Crippen molar-refractivity contribution >= 4 is 36.1 Å². The summed E-state index contributed by atoms with van der Waals surface area (Å²) in [5, 5.41) is 3.02. The molecular formula is C35H39BN2Si. The van der Waals surface area contributed by atoms with Gasteiger partial charge in [-0.2, -0.15) is 0 Å². The van der Waals surface area contributed by atoms with Gasteiger partial charge >= 0.3 is 0 Å². The van der Waals surface area contributed by atoms with Crippen molar-refractivity contribution in [3.05, 3.63) is 153 Å². The summed E-state index contributed by atoms with van der Waals surface area (Å²) >= 11 is 0. The molecule has 39 heavy (non-hydrogen) atoms. The van der Waals surface area contributed by atoms with Crippen LogP contribution in [0.25, 0.3) is 0 Å². The fraction of sp³-hybridized carbons (Fsp3) is 0.171. The van der Waals surface area contributed by atoms with Crippen LogP contribution in [0.5, 0.6) is 0 Å². The summed E-state index contributed by atoms with van der Waals surface area (Å²) in [4.78, 5) is 4.28. The molecule has 0 fully saturated rings. The third-order valence-electron chi connectivity index (χ3n) is 7.53. The van der Waals surface area contributed by atoms with Crippen molar-refractivity contribution in [3.8, 4) is 0 Å². The van der Waals surface area contributed by atoms with Crippen LogP contribution in [0.2, 0.25) is 12.9 Å². The van der Waals surface area contributed by atoms with E-state index in [4.69, 9.17) is 0 Å². The summed E-state index contributed by atoms with van der Waals surface area (Å²) in [5.74, 6) is 0. The zero-order valence-corrected chi connectivity index (χ0v) is 24.1. The van der Waals surface area contributed by atoms with E-state index in [1.165, 1.54) is 40.2 Å². The molecule has 4 aromatic carbocycles. The van der Waals surface area contributed by atoms with Crippen LogP contribution in [0.1, 0.15) is 19.3 Å². The molecule has 0 radical (unpaired) electrons. The molecule has 1 heterocycles. The predicted octanol–water partition coefficient (Wildman–Crippen LogP) is 5.97. The standard InChI is InChI=1S/C22H26N2Si.C13H13B/c1-2-3-4-11-18-25(20-24-17-16-23-19-24,21-12-7-5-8-13-21)22-14-9-6-10-15-22;1-14(12-8-4-2-5-9-12)13-10-6-3-7-11-13/h2,5-10,12-17,19H,1,3-4,11,18,20H2;2-11H,1H3. The quantitative estimate of drug-likeness (QED) is 0.118. The van der Waals surface area contributed by atoms with E-state index in [9.17, 15) is 0 Å². The molecule has 0 atom stereocenters. The molecule has 0 N–H and O–H groups in total.